The molecule has 1 aliphatic rings. The summed E-state index contributed by atoms with van der Waals surface area (Å²) < 4.78 is 32.5. The molecule has 3 aromatic rings. The molecule has 3 heterocycles. The van der Waals surface area contributed by atoms with E-state index in [1.807, 2.05) is 19.1 Å². The number of phenolic OH excluding ortho intramolecular Hbond substituents is 1. The minimum Gasteiger partial charge on any atom is -0.503 e. The molecule has 12 heteroatoms. The Morgan fingerprint density at radius 1 is 1.21 bits per heavy atom. The number of phenols is 1. The Bertz CT molecular complexity index is 1330. The van der Waals surface area contributed by atoms with Gasteiger partial charge in [0.05, 0.1) is 6.04 Å². The highest BCUT2D eigenvalue weighted by atomic mass is 32.2. The van der Waals surface area contributed by atoms with Crippen molar-refractivity contribution in [2.75, 3.05) is 23.7 Å². The second kappa shape index (κ2) is 9.08. The molecule has 10 nitrogen and oxygen atoms in total. The lowest BCUT2D eigenvalue weighted by atomic mass is 9.86. The van der Waals surface area contributed by atoms with Crippen molar-refractivity contribution >= 4 is 38.7 Å². The lowest BCUT2D eigenvalue weighted by molar-refractivity contribution is -0.701. The number of aromatic nitrogens is 2. The number of para-hydroxylation sites is 1. The second-order valence-electron chi connectivity index (χ2n) is 9.45. The molecule has 1 saturated heterocycles. The van der Waals surface area contributed by atoms with Gasteiger partial charge in [0.1, 0.15) is 10.6 Å². The monoisotopic (exact) mass is 508 g/mol. The number of thiophene rings is 1. The summed E-state index contributed by atoms with van der Waals surface area (Å²) >= 11 is 1.65. The molecule has 0 spiro atoms. The van der Waals surface area contributed by atoms with Crippen LogP contribution in [0.25, 0.3) is 0 Å². The molecule has 0 bridgehead atoms. The fourth-order valence-electron chi connectivity index (χ4n) is 3.97. The van der Waals surface area contributed by atoms with Crippen LogP contribution in [0.1, 0.15) is 49.4 Å². The highest BCUT2D eigenvalue weighted by Crippen LogP contribution is 2.40. The first-order valence-electron chi connectivity index (χ1n) is 11.0. The Kier molecular flexibility index (Phi) is 6.49. The third-order valence-electron chi connectivity index (χ3n) is 5.79. The van der Waals surface area contributed by atoms with Gasteiger partial charge in [-0.15, -0.1) is 16.0 Å². The van der Waals surface area contributed by atoms with Crippen LogP contribution in [0.3, 0.4) is 0 Å². The van der Waals surface area contributed by atoms with E-state index in [1.54, 1.807) is 11.3 Å². The Labute approximate surface area is 202 Å². The topological polar surface area (TPSA) is 134 Å². The molecule has 1 aromatic carbocycles. The molecule has 4 N–H and O–H groups in total. The van der Waals surface area contributed by atoms with Gasteiger partial charge < -0.3 is 10.4 Å². The van der Waals surface area contributed by atoms with Gasteiger partial charge in [0, 0.05) is 22.8 Å². The summed E-state index contributed by atoms with van der Waals surface area (Å²) in [5.74, 6) is -0.218. The number of rotatable bonds is 7. The minimum atomic E-state index is -3.85. The molecular formula is C22H30N5O5S2+. The second-order valence-corrected chi connectivity index (χ2v) is 12.7. The molecule has 184 valence electrons. The molecule has 0 aliphatic carbocycles. The molecule has 0 radical (unpaired) electrons. The standard InChI is InChI=1S/C22H29N5O5S2/c1-14-10-11-16(33-14)19(22(2,3)4)24-20-21(27(29)32-25-20)23-15-8-7-9-17(18(15)28)34(30,31)26-12-5-6-13-26/h7-11,19,23H,5-6,12-13H2,1-4H3,(H2-,24,25,28,29)/p+1/t19-/m0/s1. The van der Waals surface area contributed by atoms with Gasteiger partial charge in [-0.2, -0.15) is 4.31 Å². The van der Waals surface area contributed by atoms with Crippen molar-refractivity contribution in [2.45, 2.75) is 51.5 Å². The number of anilines is 3. The van der Waals surface area contributed by atoms with Crippen LogP contribution in [0.4, 0.5) is 17.3 Å². The van der Waals surface area contributed by atoms with Gasteiger partial charge >= 0.3 is 5.82 Å². The number of aromatic amines is 1. The molecule has 4 rings (SSSR count). The maximum absolute atomic E-state index is 13.0. The number of hydrogen-bond donors (Lipinski definition) is 4. The van der Waals surface area contributed by atoms with E-state index in [2.05, 4.69) is 36.6 Å². The first-order chi connectivity index (χ1) is 16.0. The molecule has 0 saturated carbocycles. The van der Waals surface area contributed by atoms with Crippen LogP contribution < -0.4 is 15.2 Å². The predicted molar refractivity (Wildman–Crippen MR) is 131 cm³/mol. The highest BCUT2D eigenvalue weighted by molar-refractivity contribution is 7.89. The average molecular weight is 509 g/mol. The van der Waals surface area contributed by atoms with Crippen molar-refractivity contribution in [1.29, 1.82) is 0 Å². The fourth-order valence-corrected chi connectivity index (χ4v) is 6.77. The van der Waals surface area contributed by atoms with Gasteiger partial charge in [-0.1, -0.05) is 32.0 Å². The van der Waals surface area contributed by atoms with E-state index in [4.69, 9.17) is 4.63 Å². The Hall–Kier alpha value is -2.83. The van der Waals surface area contributed by atoms with Crippen LogP contribution in [-0.4, -0.2) is 36.1 Å². The molecule has 1 atom stereocenters. The van der Waals surface area contributed by atoms with E-state index in [0.717, 1.165) is 17.7 Å². The lowest BCUT2D eigenvalue weighted by Crippen LogP contribution is -2.28. The minimum absolute atomic E-state index is 0.0338. The zero-order valence-electron chi connectivity index (χ0n) is 19.6. The molecule has 1 aliphatic heterocycles. The van der Waals surface area contributed by atoms with Crippen molar-refractivity contribution in [3.63, 3.8) is 0 Å². The summed E-state index contributed by atoms with van der Waals surface area (Å²) in [4.78, 5) is 14.5. The van der Waals surface area contributed by atoms with Gasteiger partial charge in [-0.25, -0.2) is 8.42 Å². The van der Waals surface area contributed by atoms with Crippen LogP contribution in [0.15, 0.2) is 39.9 Å². The van der Waals surface area contributed by atoms with Crippen LogP contribution in [0.5, 0.6) is 5.75 Å². The zero-order chi connectivity index (χ0) is 24.7. The molecule has 34 heavy (non-hydrogen) atoms. The van der Waals surface area contributed by atoms with Crippen LogP contribution in [0.2, 0.25) is 0 Å². The summed E-state index contributed by atoms with van der Waals surface area (Å²) in [6.07, 6.45) is 1.57. The fraction of sp³-hybridized carbons (Fsp3) is 0.455. The van der Waals surface area contributed by atoms with Gasteiger partial charge in [-0.05, 0) is 54.4 Å². The van der Waals surface area contributed by atoms with Gasteiger partial charge in [-0.3, -0.25) is 5.32 Å². The number of nitrogens with one attached hydrogen (secondary N) is 3. The third-order valence-corrected chi connectivity index (χ3v) is 8.78. The molecule has 1 fully saturated rings. The van der Waals surface area contributed by atoms with E-state index in [1.165, 1.54) is 27.4 Å². The van der Waals surface area contributed by atoms with Gasteiger partial charge in [0.2, 0.25) is 10.0 Å². The predicted octanol–water partition coefficient (Wildman–Crippen LogP) is 4.33. The van der Waals surface area contributed by atoms with Crippen LogP contribution >= 0.6 is 11.3 Å². The number of benzene rings is 1. The molecule has 0 unspecified atom stereocenters. The maximum Gasteiger partial charge on any atom is 0.371 e. The Morgan fingerprint density at radius 2 is 1.91 bits per heavy atom. The van der Waals surface area contributed by atoms with Crippen molar-refractivity contribution in [2.24, 2.45) is 5.41 Å². The number of H-pyrrole nitrogens is 1. The number of aromatic hydroxyl groups is 1. The first-order valence-corrected chi connectivity index (χ1v) is 13.3. The molecule has 2 aromatic heterocycles. The first kappa shape index (κ1) is 24.3. The SMILES string of the molecule is Cc1ccc([C@H](Nc2[nH]o[n+](=O)c2Nc2cccc(S(=O)(=O)N3CCCC3)c2O)C(C)(C)C)s1. The van der Waals surface area contributed by atoms with Crippen LogP contribution in [-0.2, 0) is 10.0 Å². The van der Waals surface area contributed by atoms with E-state index < -0.39 is 15.8 Å². The van der Waals surface area contributed by atoms with E-state index in [9.17, 15) is 18.4 Å². The molecule has 0 amide bonds. The Balaban J connectivity index is 1.67. The number of nitrogens with zero attached hydrogens (tertiary/aromatic N) is 2. The van der Waals surface area contributed by atoms with Crippen LogP contribution in [0, 0.1) is 17.2 Å². The zero-order valence-corrected chi connectivity index (χ0v) is 21.2. The van der Waals surface area contributed by atoms with Crippen molar-refractivity contribution in [1.82, 2.24) is 9.46 Å². The molecular weight excluding hydrogens is 478 g/mol. The number of sulfonamides is 1. The number of hydrogen-bond acceptors (Lipinski definition) is 8. The van der Waals surface area contributed by atoms with Crippen molar-refractivity contribution < 1.29 is 22.8 Å². The van der Waals surface area contributed by atoms with Gasteiger partial charge in [0.15, 0.2) is 10.3 Å². The van der Waals surface area contributed by atoms with E-state index in [-0.39, 0.29) is 38.3 Å². The summed E-state index contributed by atoms with van der Waals surface area (Å²) in [5, 5.41) is 19.6. The van der Waals surface area contributed by atoms with E-state index in [0.29, 0.717) is 13.1 Å². The van der Waals surface area contributed by atoms with Crippen molar-refractivity contribution in [3.8, 4) is 5.75 Å². The highest BCUT2D eigenvalue weighted by Gasteiger charge is 2.34. The quantitative estimate of drug-likeness (QED) is 0.349. The summed E-state index contributed by atoms with van der Waals surface area (Å²) in [6, 6.07) is 8.30. The normalized spacial score (nSPS) is 16.0. The van der Waals surface area contributed by atoms with Gasteiger partial charge in [0.25, 0.3) is 5.82 Å². The smallest absolute Gasteiger partial charge is 0.371 e. The average Bonchev–Trinajstić information content (AvgIpc) is 3.50. The Morgan fingerprint density at radius 3 is 2.53 bits per heavy atom. The largest absolute Gasteiger partial charge is 0.503 e. The summed E-state index contributed by atoms with van der Waals surface area (Å²) in [6.45, 7) is 9.11. The lowest BCUT2D eigenvalue weighted by Gasteiger charge is -2.30. The number of aryl methyl sites for hydroxylation is 1. The summed E-state index contributed by atoms with van der Waals surface area (Å²) in [5.41, 5.74) is -0.138. The summed E-state index contributed by atoms with van der Waals surface area (Å²) in [7, 11) is -3.85. The maximum atomic E-state index is 13.0. The third kappa shape index (κ3) is 4.70. The van der Waals surface area contributed by atoms with Crippen molar-refractivity contribution in [3.05, 3.63) is 45.0 Å². The van der Waals surface area contributed by atoms with E-state index >= 15 is 0 Å².